The van der Waals surface area contributed by atoms with Gasteiger partial charge in [0.25, 0.3) is 5.89 Å². The van der Waals surface area contributed by atoms with Crippen LogP contribution in [0, 0.1) is 6.92 Å². The third-order valence-corrected chi connectivity index (χ3v) is 2.21. The number of aryl methyl sites for hydroxylation is 1. The first kappa shape index (κ1) is 12.8. The number of hydrogen-bond donors (Lipinski definition) is 1. The third-order valence-electron chi connectivity index (χ3n) is 2.21. The number of nitrogens with zero attached hydrogens (tertiary/aromatic N) is 2. The van der Waals surface area contributed by atoms with Crippen LogP contribution < -0.4 is 4.74 Å². The molecule has 0 radical (unpaired) electrons. The van der Waals surface area contributed by atoms with Crippen LogP contribution in [-0.2, 0) is 11.4 Å². The lowest BCUT2D eigenvalue weighted by Gasteiger charge is -2.03. The van der Waals surface area contributed by atoms with Gasteiger partial charge in [0.2, 0.25) is 5.89 Å². The van der Waals surface area contributed by atoms with Crippen LogP contribution in [0.2, 0.25) is 0 Å². The fourth-order valence-corrected chi connectivity index (χ4v) is 1.42. The molecule has 0 aliphatic carbocycles. The Bertz CT molecular complexity index is 604. The summed E-state index contributed by atoms with van der Waals surface area (Å²) in [4.78, 5) is 10.4. The zero-order valence-electron chi connectivity index (χ0n) is 10.2. The summed E-state index contributed by atoms with van der Waals surface area (Å²) < 4.78 is 10.7. The van der Waals surface area contributed by atoms with Gasteiger partial charge < -0.3 is 14.3 Å². The van der Waals surface area contributed by atoms with Crippen molar-refractivity contribution in [3.63, 3.8) is 0 Å². The number of carbonyl (C=O) groups is 1. The summed E-state index contributed by atoms with van der Waals surface area (Å²) in [6, 6.07) is 7.04. The quantitative estimate of drug-likeness (QED) is 0.828. The van der Waals surface area contributed by atoms with Crippen molar-refractivity contribution in [2.75, 3.05) is 0 Å². The predicted octanol–water partition coefficient (Wildman–Crippen LogP) is 2.05. The first-order chi connectivity index (χ1) is 9.13. The number of hydrogen-bond acceptors (Lipinski definition) is 5. The van der Waals surface area contributed by atoms with Gasteiger partial charge in [0.1, 0.15) is 5.75 Å². The molecule has 98 valence electrons. The van der Waals surface area contributed by atoms with Crippen LogP contribution in [0.15, 0.2) is 34.8 Å². The fourth-order valence-electron chi connectivity index (χ4n) is 1.42. The van der Waals surface area contributed by atoms with E-state index in [2.05, 4.69) is 10.2 Å². The lowest BCUT2D eigenvalue weighted by Crippen LogP contribution is -1.95. The molecule has 1 N–H and O–H groups in total. The van der Waals surface area contributed by atoms with E-state index < -0.39 is 5.97 Å². The molecule has 19 heavy (non-hydrogen) atoms. The number of ether oxygens (including phenoxy) is 1. The van der Waals surface area contributed by atoms with E-state index in [4.69, 9.17) is 14.3 Å². The number of carboxylic acids is 1. The first-order valence-electron chi connectivity index (χ1n) is 5.56. The van der Waals surface area contributed by atoms with Gasteiger partial charge in [-0.1, -0.05) is 12.1 Å². The molecule has 0 aliphatic heterocycles. The van der Waals surface area contributed by atoms with E-state index in [1.54, 1.807) is 31.2 Å². The Morgan fingerprint density at radius 3 is 3.00 bits per heavy atom. The van der Waals surface area contributed by atoms with Gasteiger partial charge in [-0.25, -0.2) is 4.79 Å². The summed E-state index contributed by atoms with van der Waals surface area (Å²) >= 11 is 0. The van der Waals surface area contributed by atoms with E-state index in [9.17, 15) is 4.79 Å². The van der Waals surface area contributed by atoms with Gasteiger partial charge in [-0.05, 0) is 23.8 Å². The predicted molar refractivity (Wildman–Crippen MR) is 66.5 cm³/mol. The van der Waals surface area contributed by atoms with E-state index in [1.165, 1.54) is 6.08 Å². The Hall–Kier alpha value is -2.63. The van der Waals surface area contributed by atoms with Crippen molar-refractivity contribution >= 4 is 12.0 Å². The van der Waals surface area contributed by atoms with Crippen LogP contribution in [0.1, 0.15) is 17.3 Å². The van der Waals surface area contributed by atoms with Crippen molar-refractivity contribution in [3.8, 4) is 5.75 Å². The van der Waals surface area contributed by atoms with Gasteiger partial charge in [-0.3, -0.25) is 0 Å². The van der Waals surface area contributed by atoms with E-state index >= 15 is 0 Å². The summed E-state index contributed by atoms with van der Waals surface area (Å²) in [6.07, 6.45) is 2.56. The topological polar surface area (TPSA) is 85.5 Å². The molecule has 2 aromatic rings. The Kier molecular flexibility index (Phi) is 3.92. The number of carboxylic acid groups (broad SMARTS) is 1. The third kappa shape index (κ3) is 3.95. The number of aliphatic carboxylic acids is 1. The average molecular weight is 260 g/mol. The van der Waals surface area contributed by atoms with Crippen molar-refractivity contribution in [1.29, 1.82) is 0 Å². The van der Waals surface area contributed by atoms with Crippen LogP contribution in [0.4, 0.5) is 0 Å². The van der Waals surface area contributed by atoms with Crippen molar-refractivity contribution in [2.24, 2.45) is 0 Å². The minimum absolute atomic E-state index is 0.174. The van der Waals surface area contributed by atoms with Crippen molar-refractivity contribution in [1.82, 2.24) is 10.2 Å². The maximum atomic E-state index is 10.4. The minimum Gasteiger partial charge on any atom is -0.484 e. The largest absolute Gasteiger partial charge is 0.484 e. The molecule has 0 saturated heterocycles. The van der Waals surface area contributed by atoms with Gasteiger partial charge in [0, 0.05) is 13.0 Å². The van der Waals surface area contributed by atoms with E-state index in [0.717, 1.165) is 11.6 Å². The molecule has 6 heteroatoms. The highest BCUT2D eigenvalue weighted by Crippen LogP contribution is 2.16. The van der Waals surface area contributed by atoms with E-state index in [-0.39, 0.29) is 6.61 Å². The normalized spacial score (nSPS) is 10.8. The summed E-state index contributed by atoms with van der Waals surface area (Å²) in [5.41, 5.74) is 0.738. The molecule has 0 fully saturated rings. The van der Waals surface area contributed by atoms with Crippen molar-refractivity contribution in [3.05, 3.63) is 47.7 Å². The summed E-state index contributed by atoms with van der Waals surface area (Å²) in [5, 5.41) is 16.1. The minimum atomic E-state index is -0.993. The highest BCUT2D eigenvalue weighted by Gasteiger charge is 2.03. The molecule has 0 spiro atoms. The van der Waals surface area contributed by atoms with E-state index in [1.807, 2.05) is 0 Å². The Morgan fingerprint density at radius 1 is 1.47 bits per heavy atom. The number of aromatic nitrogens is 2. The van der Waals surface area contributed by atoms with Gasteiger partial charge in [0.15, 0.2) is 6.61 Å². The van der Waals surface area contributed by atoms with Crippen LogP contribution in [0.5, 0.6) is 5.75 Å². The SMILES string of the molecule is Cc1nnc(COc2cccc(/C=C/C(=O)O)c2)o1. The van der Waals surface area contributed by atoms with Gasteiger partial charge in [-0.2, -0.15) is 0 Å². The highest BCUT2D eigenvalue weighted by molar-refractivity contribution is 5.85. The Morgan fingerprint density at radius 2 is 2.32 bits per heavy atom. The summed E-state index contributed by atoms with van der Waals surface area (Å²) in [6.45, 7) is 1.88. The van der Waals surface area contributed by atoms with Crippen molar-refractivity contribution < 1.29 is 19.1 Å². The second kappa shape index (κ2) is 5.81. The molecule has 1 aromatic carbocycles. The molecule has 0 amide bonds. The van der Waals surface area contributed by atoms with Gasteiger partial charge in [-0.15, -0.1) is 10.2 Å². The Balaban J connectivity index is 2.00. The second-order valence-electron chi connectivity index (χ2n) is 3.75. The van der Waals surface area contributed by atoms with E-state index in [0.29, 0.717) is 17.5 Å². The standard InChI is InChI=1S/C13H12N2O4/c1-9-14-15-12(19-9)8-18-11-4-2-3-10(7-11)5-6-13(16)17/h2-7H,8H2,1H3,(H,16,17)/b6-5+. The van der Waals surface area contributed by atoms with Gasteiger partial charge >= 0.3 is 5.97 Å². The summed E-state index contributed by atoms with van der Waals surface area (Å²) in [7, 11) is 0. The number of benzene rings is 1. The molecule has 1 aromatic heterocycles. The number of rotatable bonds is 5. The van der Waals surface area contributed by atoms with Gasteiger partial charge in [0.05, 0.1) is 0 Å². The zero-order valence-corrected chi connectivity index (χ0v) is 10.2. The van der Waals surface area contributed by atoms with Crippen LogP contribution in [-0.4, -0.2) is 21.3 Å². The molecule has 0 bridgehead atoms. The zero-order chi connectivity index (χ0) is 13.7. The van der Waals surface area contributed by atoms with Crippen LogP contribution >= 0.6 is 0 Å². The lowest BCUT2D eigenvalue weighted by atomic mass is 10.2. The maximum absolute atomic E-state index is 10.4. The molecular formula is C13H12N2O4. The lowest BCUT2D eigenvalue weighted by molar-refractivity contribution is -0.131. The fraction of sp³-hybridized carbons (Fsp3) is 0.154. The van der Waals surface area contributed by atoms with Crippen LogP contribution in [0.25, 0.3) is 6.08 Å². The smallest absolute Gasteiger partial charge is 0.328 e. The Labute approximate surface area is 109 Å². The second-order valence-corrected chi connectivity index (χ2v) is 3.75. The first-order valence-corrected chi connectivity index (χ1v) is 5.56. The molecular weight excluding hydrogens is 248 g/mol. The molecule has 0 unspecified atom stereocenters. The van der Waals surface area contributed by atoms with Crippen LogP contribution in [0.3, 0.4) is 0 Å². The molecule has 6 nitrogen and oxygen atoms in total. The molecule has 0 aliphatic rings. The molecule has 2 rings (SSSR count). The molecule has 1 heterocycles. The maximum Gasteiger partial charge on any atom is 0.328 e. The summed E-state index contributed by atoms with van der Waals surface area (Å²) in [5.74, 6) is 0.483. The molecule has 0 atom stereocenters. The highest BCUT2D eigenvalue weighted by atomic mass is 16.5. The molecule has 0 saturated carbocycles. The van der Waals surface area contributed by atoms with Crippen molar-refractivity contribution in [2.45, 2.75) is 13.5 Å². The average Bonchev–Trinajstić information content (AvgIpc) is 2.80. The monoisotopic (exact) mass is 260 g/mol.